The minimum Gasteiger partial charge on any atom is -0.304 e. The second kappa shape index (κ2) is 4.90. The molecule has 2 aromatic rings. The Kier molecular flexibility index (Phi) is 3.24. The van der Waals surface area contributed by atoms with Crippen LogP contribution in [0.4, 0.5) is 5.69 Å². The highest BCUT2D eigenvalue weighted by Gasteiger charge is 2.36. The Bertz CT molecular complexity index is 651. The third-order valence-electron chi connectivity index (χ3n) is 3.15. The van der Waals surface area contributed by atoms with Crippen LogP contribution in [0.5, 0.6) is 0 Å². The molecule has 0 unspecified atom stereocenters. The molecule has 0 fully saturated rings. The summed E-state index contributed by atoms with van der Waals surface area (Å²) in [5.74, 6) is -0.857. The number of halogens is 1. The minimum atomic E-state index is -0.433. The first-order valence-electron chi connectivity index (χ1n) is 5.84. The zero-order valence-electron chi connectivity index (χ0n) is 9.93. The van der Waals surface area contributed by atoms with Gasteiger partial charge in [0.05, 0.1) is 11.3 Å². The molecule has 0 N–H and O–H groups in total. The van der Waals surface area contributed by atoms with Crippen LogP contribution in [0.3, 0.4) is 0 Å². The number of carbonyl (C=O) groups excluding carboxylic acids is 2. The molecule has 0 radical (unpaired) electrons. The number of thiophene rings is 1. The molecule has 5 heteroatoms. The van der Waals surface area contributed by atoms with E-state index in [1.807, 2.05) is 23.6 Å². The number of Topliss-reactive ketones (excluding diaryl/α,β-unsaturated/α-hetero) is 1. The fraction of sp³-hybridized carbons (Fsp3) is 0.143. The SMILES string of the molecule is O=C1C(=O)N(CCc2ccsc2)c2cccc(Br)c21. The molecule has 1 aliphatic heterocycles. The topological polar surface area (TPSA) is 37.4 Å². The molecule has 0 atom stereocenters. The molecule has 3 rings (SSSR count). The number of anilines is 1. The van der Waals surface area contributed by atoms with Gasteiger partial charge in [0.15, 0.2) is 0 Å². The molecule has 3 nitrogen and oxygen atoms in total. The molecule has 1 aromatic heterocycles. The summed E-state index contributed by atoms with van der Waals surface area (Å²) >= 11 is 4.97. The molecule has 1 aliphatic rings. The summed E-state index contributed by atoms with van der Waals surface area (Å²) in [6, 6.07) is 7.48. The van der Waals surface area contributed by atoms with Gasteiger partial charge in [-0.1, -0.05) is 6.07 Å². The van der Waals surface area contributed by atoms with Crippen molar-refractivity contribution in [1.82, 2.24) is 0 Å². The van der Waals surface area contributed by atoms with Gasteiger partial charge >= 0.3 is 0 Å². The van der Waals surface area contributed by atoms with Crippen molar-refractivity contribution < 1.29 is 9.59 Å². The first-order chi connectivity index (χ1) is 9.18. The van der Waals surface area contributed by atoms with E-state index in [4.69, 9.17) is 0 Å². The second-order valence-electron chi connectivity index (χ2n) is 4.30. The molecule has 2 heterocycles. The van der Waals surface area contributed by atoms with Crippen LogP contribution in [0.25, 0.3) is 0 Å². The molecular formula is C14H10BrNO2S. The highest BCUT2D eigenvalue weighted by molar-refractivity contribution is 9.10. The summed E-state index contributed by atoms with van der Waals surface area (Å²) in [7, 11) is 0. The Morgan fingerprint density at radius 3 is 2.79 bits per heavy atom. The molecule has 0 aliphatic carbocycles. The van der Waals surface area contributed by atoms with Gasteiger partial charge in [0.2, 0.25) is 0 Å². The third-order valence-corrected chi connectivity index (χ3v) is 4.55. The van der Waals surface area contributed by atoms with Crippen molar-refractivity contribution in [2.45, 2.75) is 6.42 Å². The standard InChI is InChI=1S/C14H10BrNO2S/c15-10-2-1-3-11-12(10)13(17)14(18)16(11)6-4-9-5-7-19-8-9/h1-3,5,7-8H,4,6H2. The van der Waals surface area contributed by atoms with Gasteiger partial charge in [-0.25, -0.2) is 0 Å². The number of nitrogens with zero attached hydrogens (tertiary/aromatic N) is 1. The Balaban J connectivity index is 1.89. The van der Waals surface area contributed by atoms with E-state index in [2.05, 4.69) is 21.3 Å². The Morgan fingerprint density at radius 1 is 1.21 bits per heavy atom. The quantitative estimate of drug-likeness (QED) is 0.807. The fourth-order valence-electron chi connectivity index (χ4n) is 2.20. The van der Waals surface area contributed by atoms with Gasteiger partial charge in [0, 0.05) is 11.0 Å². The predicted molar refractivity (Wildman–Crippen MR) is 78.8 cm³/mol. The number of hydrogen-bond donors (Lipinski definition) is 0. The first kappa shape index (κ1) is 12.6. The van der Waals surface area contributed by atoms with E-state index in [1.165, 1.54) is 5.56 Å². The maximum absolute atomic E-state index is 12.0. The number of amides is 1. The lowest BCUT2D eigenvalue weighted by Crippen LogP contribution is -2.31. The maximum atomic E-state index is 12.0. The third kappa shape index (κ3) is 2.13. The molecule has 1 aromatic carbocycles. The van der Waals surface area contributed by atoms with E-state index in [1.54, 1.807) is 22.3 Å². The molecule has 1 amide bonds. The van der Waals surface area contributed by atoms with Gasteiger partial charge in [-0.15, -0.1) is 0 Å². The monoisotopic (exact) mass is 335 g/mol. The lowest BCUT2D eigenvalue weighted by Gasteiger charge is -2.15. The van der Waals surface area contributed by atoms with Gasteiger partial charge in [-0.2, -0.15) is 11.3 Å². The lowest BCUT2D eigenvalue weighted by atomic mass is 10.1. The fourth-order valence-corrected chi connectivity index (χ4v) is 3.44. The van der Waals surface area contributed by atoms with E-state index >= 15 is 0 Å². The average Bonchev–Trinajstić information content (AvgIpc) is 2.98. The normalized spacial score (nSPS) is 14.1. The van der Waals surface area contributed by atoms with Gasteiger partial charge in [0.25, 0.3) is 11.7 Å². The number of benzene rings is 1. The van der Waals surface area contributed by atoms with Crippen molar-refractivity contribution in [3.8, 4) is 0 Å². The lowest BCUT2D eigenvalue weighted by molar-refractivity contribution is -0.114. The highest BCUT2D eigenvalue weighted by Crippen LogP contribution is 2.34. The van der Waals surface area contributed by atoms with Crippen molar-refractivity contribution in [2.24, 2.45) is 0 Å². The second-order valence-corrected chi connectivity index (χ2v) is 5.94. The van der Waals surface area contributed by atoms with Crippen LogP contribution in [-0.2, 0) is 11.2 Å². The van der Waals surface area contributed by atoms with Crippen LogP contribution in [0, 0.1) is 0 Å². The zero-order valence-corrected chi connectivity index (χ0v) is 12.3. The smallest absolute Gasteiger partial charge is 0.299 e. The van der Waals surface area contributed by atoms with Crippen molar-refractivity contribution in [2.75, 3.05) is 11.4 Å². The van der Waals surface area contributed by atoms with Gasteiger partial charge in [-0.3, -0.25) is 9.59 Å². The van der Waals surface area contributed by atoms with Crippen molar-refractivity contribution >= 4 is 44.6 Å². The number of hydrogen-bond acceptors (Lipinski definition) is 3. The summed E-state index contributed by atoms with van der Waals surface area (Å²) in [5, 5.41) is 4.07. The van der Waals surface area contributed by atoms with E-state index in [0.717, 1.165) is 6.42 Å². The van der Waals surface area contributed by atoms with Crippen LogP contribution in [0.2, 0.25) is 0 Å². The highest BCUT2D eigenvalue weighted by atomic mass is 79.9. The molecule has 0 saturated carbocycles. The van der Waals surface area contributed by atoms with E-state index in [0.29, 0.717) is 22.3 Å². The van der Waals surface area contributed by atoms with Crippen LogP contribution in [0.1, 0.15) is 15.9 Å². The van der Waals surface area contributed by atoms with Crippen LogP contribution in [-0.4, -0.2) is 18.2 Å². The first-order valence-corrected chi connectivity index (χ1v) is 7.58. The average molecular weight is 336 g/mol. The van der Waals surface area contributed by atoms with Crippen LogP contribution < -0.4 is 4.90 Å². The zero-order chi connectivity index (χ0) is 13.4. The van der Waals surface area contributed by atoms with Crippen molar-refractivity contribution in [3.05, 3.63) is 50.6 Å². The van der Waals surface area contributed by atoms with Crippen LogP contribution in [0.15, 0.2) is 39.5 Å². The van der Waals surface area contributed by atoms with Crippen molar-refractivity contribution in [3.63, 3.8) is 0 Å². The Morgan fingerprint density at radius 2 is 2.05 bits per heavy atom. The number of fused-ring (bicyclic) bond motifs is 1. The maximum Gasteiger partial charge on any atom is 0.299 e. The number of rotatable bonds is 3. The molecule has 19 heavy (non-hydrogen) atoms. The number of carbonyl (C=O) groups is 2. The Hall–Kier alpha value is -1.46. The van der Waals surface area contributed by atoms with Gasteiger partial charge < -0.3 is 4.90 Å². The summed E-state index contributed by atoms with van der Waals surface area (Å²) in [4.78, 5) is 25.6. The number of ketones is 1. The summed E-state index contributed by atoms with van der Waals surface area (Å²) in [6.07, 6.45) is 0.758. The molecule has 96 valence electrons. The minimum absolute atomic E-state index is 0.423. The van der Waals surface area contributed by atoms with Crippen LogP contribution >= 0.6 is 27.3 Å². The molecule has 0 bridgehead atoms. The van der Waals surface area contributed by atoms with Crippen molar-refractivity contribution in [1.29, 1.82) is 0 Å². The van der Waals surface area contributed by atoms with E-state index < -0.39 is 11.7 Å². The van der Waals surface area contributed by atoms with Gasteiger partial charge in [-0.05, 0) is 56.9 Å². The van der Waals surface area contributed by atoms with E-state index in [9.17, 15) is 9.59 Å². The summed E-state index contributed by atoms with van der Waals surface area (Å²) in [5.41, 5.74) is 2.38. The van der Waals surface area contributed by atoms with Gasteiger partial charge in [0.1, 0.15) is 0 Å². The summed E-state index contributed by atoms with van der Waals surface area (Å²) in [6.45, 7) is 0.533. The predicted octanol–water partition coefficient (Wildman–Crippen LogP) is 3.28. The molecule has 0 spiro atoms. The summed E-state index contributed by atoms with van der Waals surface area (Å²) < 4.78 is 0.682. The Labute approximate surface area is 123 Å². The molecular weight excluding hydrogens is 326 g/mol. The van der Waals surface area contributed by atoms with E-state index in [-0.39, 0.29) is 0 Å². The largest absolute Gasteiger partial charge is 0.304 e. The molecule has 0 saturated heterocycles.